The van der Waals surface area contributed by atoms with Gasteiger partial charge in [-0.25, -0.2) is 0 Å². The monoisotopic (exact) mass is 639 g/mol. The highest BCUT2D eigenvalue weighted by Gasteiger charge is 2.41. The fourth-order valence-corrected chi connectivity index (χ4v) is 7.93. The lowest BCUT2D eigenvalue weighted by Gasteiger charge is -2.30. The molecular formula is C47H45NO. The van der Waals surface area contributed by atoms with Crippen molar-refractivity contribution >= 4 is 39.0 Å². The Balaban J connectivity index is 1.43. The largest absolute Gasteiger partial charge is 0.454 e. The summed E-state index contributed by atoms with van der Waals surface area (Å²) in [4.78, 5) is 2.38. The minimum absolute atomic E-state index is 0.0390. The van der Waals surface area contributed by atoms with Gasteiger partial charge in [0.1, 0.15) is 5.58 Å². The fourth-order valence-electron chi connectivity index (χ4n) is 7.93. The van der Waals surface area contributed by atoms with Crippen LogP contribution < -0.4 is 4.90 Å². The summed E-state index contributed by atoms with van der Waals surface area (Å²) in [7, 11) is 0. The summed E-state index contributed by atoms with van der Waals surface area (Å²) in [6.45, 7) is 18.9. The van der Waals surface area contributed by atoms with Crippen LogP contribution in [0, 0.1) is 0 Å². The molecule has 2 heteroatoms. The summed E-state index contributed by atoms with van der Waals surface area (Å²) in [5.41, 5.74) is 15.7. The normalized spacial score (nSPS) is 13.9. The second-order valence-corrected chi connectivity index (χ2v) is 16.2. The van der Waals surface area contributed by atoms with Crippen LogP contribution in [0.2, 0.25) is 0 Å². The predicted octanol–water partition coefficient (Wildman–Crippen LogP) is 13.6. The maximum absolute atomic E-state index is 6.65. The lowest BCUT2D eigenvalue weighted by molar-refractivity contribution is 0.564. The average molecular weight is 640 g/mol. The van der Waals surface area contributed by atoms with Crippen LogP contribution in [0.5, 0.6) is 0 Å². The third-order valence-electron chi connectivity index (χ3n) is 10.5. The number of hydrogen-bond donors (Lipinski definition) is 0. The molecule has 1 aliphatic rings. The van der Waals surface area contributed by atoms with Gasteiger partial charge >= 0.3 is 0 Å². The number of hydrogen-bond acceptors (Lipinski definition) is 2. The van der Waals surface area contributed by atoms with E-state index in [4.69, 9.17) is 4.42 Å². The molecule has 0 atom stereocenters. The van der Waals surface area contributed by atoms with E-state index < -0.39 is 0 Å². The maximum atomic E-state index is 6.65. The molecule has 0 aliphatic heterocycles. The van der Waals surface area contributed by atoms with E-state index in [1.54, 1.807) is 0 Å². The van der Waals surface area contributed by atoms with E-state index in [0.29, 0.717) is 0 Å². The SMILES string of the molecule is CC(C)(C)c1cc(C(C)(C)C)c2c(c1)C(C)(C)c1cccc(-c3ccccc3N(c3ccccc3)c3cccc4c3oc3ccccc34)c1-2. The predicted molar refractivity (Wildman–Crippen MR) is 209 cm³/mol. The van der Waals surface area contributed by atoms with Crippen LogP contribution in [0.3, 0.4) is 0 Å². The topological polar surface area (TPSA) is 16.4 Å². The Morgan fingerprint density at radius 2 is 1.16 bits per heavy atom. The lowest BCUT2D eigenvalue weighted by atomic mass is 9.74. The van der Waals surface area contributed by atoms with Gasteiger partial charge in [-0.3, -0.25) is 0 Å². The first-order valence-electron chi connectivity index (χ1n) is 17.5. The van der Waals surface area contributed by atoms with Crippen molar-refractivity contribution in [2.75, 3.05) is 4.90 Å². The van der Waals surface area contributed by atoms with Crippen LogP contribution in [0.25, 0.3) is 44.2 Å². The van der Waals surface area contributed by atoms with Crippen molar-refractivity contribution in [3.63, 3.8) is 0 Å². The molecule has 0 spiro atoms. The van der Waals surface area contributed by atoms with Crippen molar-refractivity contribution in [2.24, 2.45) is 0 Å². The van der Waals surface area contributed by atoms with Crippen molar-refractivity contribution in [1.82, 2.24) is 0 Å². The first-order valence-corrected chi connectivity index (χ1v) is 17.5. The molecule has 1 heterocycles. The Labute approximate surface area is 291 Å². The number of para-hydroxylation sites is 4. The van der Waals surface area contributed by atoms with Gasteiger partial charge < -0.3 is 9.32 Å². The number of benzene rings is 6. The van der Waals surface area contributed by atoms with Gasteiger partial charge in [-0.05, 0) is 80.1 Å². The molecule has 0 saturated carbocycles. The maximum Gasteiger partial charge on any atom is 0.159 e. The molecule has 0 fully saturated rings. The van der Waals surface area contributed by atoms with Crippen molar-refractivity contribution in [3.05, 3.63) is 150 Å². The number of fused-ring (bicyclic) bond motifs is 6. The molecule has 6 aromatic carbocycles. The van der Waals surface area contributed by atoms with E-state index in [1.165, 1.54) is 44.5 Å². The third-order valence-corrected chi connectivity index (χ3v) is 10.5. The zero-order valence-electron chi connectivity index (χ0n) is 30.0. The van der Waals surface area contributed by atoms with E-state index in [2.05, 4.69) is 182 Å². The lowest BCUT2D eigenvalue weighted by Crippen LogP contribution is -2.21. The van der Waals surface area contributed by atoms with Gasteiger partial charge in [-0.1, -0.05) is 152 Å². The van der Waals surface area contributed by atoms with E-state index in [-0.39, 0.29) is 16.2 Å². The number of furan rings is 1. The smallest absolute Gasteiger partial charge is 0.159 e. The van der Waals surface area contributed by atoms with Crippen LogP contribution >= 0.6 is 0 Å². The van der Waals surface area contributed by atoms with Gasteiger partial charge in [0.15, 0.2) is 5.58 Å². The highest BCUT2D eigenvalue weighted by molar-refractivity contribution is 6.11. The molecule has 1 aromatic heterocycles. The molecule has 1 aliphatic carbocycles. The summed E-state index contributed by atoms with van der Waals surface area (Å²) in [5.74, 6) is 0. The van der Waals surface area contributed by atoms with Gasteiger partial charge in [0.25, 0.3) is 0 Å². The fraction of sp³-hybridized carbons (Fsp3) is 0.234. The number of anilines is 3. The molecule has 8 rings (SSSR count). The zero-order valence-corrected chi connectivity index (χ0v) is 30.0. The van der Waals surface area contributed by atoms with Gasteiger partial charge in [0.2, 0.25) is 0 Å². The average Bonchev–Trinajstić information content (AvgIpc) is 3.57. The van der Waals surface area contributed by atoms with E-state index in [9.17, 15) is 0 Å². The summed E-state index contributed by atoms with van der Waals surface area (Å²) in [6.07, 6.45) is 0. The molecule has 49 heavy (non-hydrogen) atoms. The Morgan fingerprint density at radius 1 is 0.531 bits per heavy atom. The molecular weight excluding hydrogens is 595 g/mol. The Hall–Kier alpha value is -5.08. The number of nitrogens with zero attached hydrogens (tertiary/aromatic N) is 1. The molecule has 2 nitrogen and oxygen atoms in total. The minimum Gasteiger partial charge on any atom is -0.454 e. The second kappa shape index (κ2) is 11.0. The molecule has 7 aromatic rings. The van der Waals surface area contributed by atoms with Crippen molar-refractivity contribution in [2.45, 2.75) is 71.6 Å². The number of rotatable bonds is 4. The van der Waals surface area contributed by atoms with Crippen molar-refractivity contribution < 1.29 is 4.42 Å². The summed E-state index contributed by atoms with van der Waals surface area (Å²) >= 11 is 0. The van der Waals surface area contributed by atoms with Crippen molar-refractivity contribution in [3.8, 4) is 22.3 Å². The third kappa shape index (κ3) is 4.92. The summed E-state index contributed by atoms with van der Waals surface area (Å²) in [6, 6.07) is 46.4. The second-order valence-electron chi connectivity index (χ2n) is 16.2. The molecule has 0 radical (unpaired) electrons. The molecule has 0 unspecified atom stereocenters. The van der Waals surface area contributed by atoms with Crippen LogP contribution in [0.1, 0.15) is 77.6 Å². The molecule has 244 valence electrons. The van der Waals surface area contributed by atoms with Crippen LogP contribution in [0.15, 0.2) is 132 Å². The molecule has 0 bridgehead atoms. The Morgan fingerprint density at radius 3 is 1.92 bits per heavy atom. The van der Waals surface area contributed by atoms with Crippen LogP contribution in [-0.4, -0.2) is 0 Å². The van der Waals surface area contributed by atoms with Crippen molar-refractivity contribution in [1.29, 1.82) is 0 Å². The molecule has 0 amide bonds. The standard InChI is InChI=1S/C47H45NO/c1-45(2,3)30-28-37(46(4,5)6)43-38(29-30)47(7,8)36-24-16-22-34(42(36)43)32-20-12-14-25-39(32)48(31-18-10-9-11-19-31)40-26-17-23-35-33-21-13-15-27-41(33)49-44(35)40/h9-29H,1-8H3. The summed E-state index contributed by atoms with van der Waals surface area (Å²) in [5, 5.41) is 2.25. The Bertz CT molecular complexity index is 2380. The van der Waals surface area contributed by atoms with Gasteiger partial charge in [-0.2, -0.15) is 0 Å². The van der Waals surface area contributed by atoms with Crippen LogP contribution in [0.4, 0.5) is 17.1 Å². The first-order chi connectivity index (χ1) is 23.4. The van der Waals surface area contributed by atoms with Crippen LogP contribution in [-0.2, 0) is 16.2 Å². The highest BCUT2D eigenvalue weighted by Crippen LogP contribution is 2.57. The zero-order chi connectivity index (χ0) is 34.3. The highest BCUT2D eigenvalue weighted by atomic mass is 16.3. The van der Waals surface area contributed by atoms with Gasteiger partial charge in [-0.15, -0.1) is 0 Å². The molecule has 0 saturated heterocycles. The quantitative estimate of drug-likeness (QED) is 0.191. The van der Waals surface area contributed by atoms with E-state index in [0.717, 1.165) is 39.0 Å². The molecule has 0 N–H and O–H groups in total. The van der Waals surface area contributed by atoms with Gasteiger partial charge in [0, 0.05) is 27.4 Å². The summed E-state index contributed by atoms with van der Waals surface area (Å²) < 4.78 is 6.65. The Kier molecular flexibility index (Phi) is 6.99. The van der Waals surface area contributed by atoms with Gasteiger partial charge in [0.05, 0.1) is 11.4 Å². The van der Waals surface area contributed by atoms with E-state index >= 15 is 0 Å². The minimum atomic E-state index is -0.143. The first kappa shape index (κ1) is 31.2. The van der Waals surface area contributed by atoms with E-state index in [1.807, 2.05) is 6.07 Å².